The highest BCUT2D eigenvalue weighted by Crippen LogP contribution is 2.25. The number of rotatable bonds is 4. The lowest BCUT2D eigenvalue weighted by Gasteiger charge is -2.34. The third-order valence-electron chi connectivity index (χ3n) is 4.38. The Morgan fingerprint density at radius 2 is 2.08 bits per heavy atom. The van der Waals surface area contributed by atoms with E-state index in [0.29, 0.717) is 30.4 Å². The van der Waals surface area contributed by atoms with Gasteiger partial charge < -0.3 is 4.90 Å². The maximum Gasteiger partial charge on any atom is 0.311 e. The summed E-state index contributed by atoms with van der Waals surface area (Å²) in [5.74, 6) is 0.411. The van der Waals surface area contributed by atoms with E-state index in [4.69, 9.17) is 0 Å². The Kier molecular flexibility index (Phi) is 4.35. The van der Waals surface area contributed by atoms with Gasteiger partial charge in [-0.3, -0.25) is 24.2 Å². The van der Waals surface area contributed by atoms with Crippen molar-refractivity contribution in [1.29, 1.82) is 0 Å². The van der Waals surface area contributed by atoms with Crippen molar-refractivity contribution in [3.63, 3.8) is 0 Å². The second kappa shape index (κ2) is 6.81. The second-order valence-electron chi connectivity index (χ2n) is 6.01. The number of pyridine rings is 1. The van der Waals surface area contributed by atoms with Crippen molar-refractivity contribution in [2.75, 3.05) is 31.1 Å². The van der Waals surface area contributed by atoms with E-state index < -0.39 is 4.92 Å². The van der Waals surface area contributed by atoms with Gasteiger partial charge in [-0.2, -0.15) is 0 Å². The van der Waals surface area contributed by atoms with Gasteiger partial charge in [0.25, 0.3) is 5.56 Å². The van der Waals surface area contributed by atoms with Crippen LogP contribution in [0.3, 0.4) is 0 Å². The zero-order valence-electron chi connectivity index (χ0n) is 13.8. The van der Waals surface area contributed by atoms with Gasteiger partial charge >= 0.3 is 5.69 Å². The maximum atomic E-state index is 12.1. The minimum Gasteiger partial charge on any atom is -0.348 e. The van der Waals surface area contributed by atoms with Gasteiger partial charge in [0.2, 0.25) is 5.82 Å². The minimum atomic E-state index is -0.400. The molecule has 9 nitrogen and oxygen atoms in total. The molecule has 0 saturated carbocycles. The Morgan fingerprint density at radius 1 is 1.27 bits per heavy atom. The molecule has 0 radical (unpaired) electrons. The van der Waals surface area contributed by atoms with Crippen molar-refractivity contribution in [2.24, 2.45) is 0 Å². The van der Waals surface area contributed by atoms with E-state index in [-0.39, 0.29) is 11.2 Å². The Balaban J connectivity index is 1.45. The quantitative estimate of drug-likeness (QED) is 0.504. The first-order chi connectivity index (χ1) is 12.6. The molecule has 1 aliphatic heterocycles. The highest BCUT2D eigenvalue weighted by Gasteiger charge is 2.24. The van der Waals surface area contributed by atoms with Gasteiger partial charge in [-0.05, 0) is 6.07 Å². The van der Waals surface area contributed by atoms with E-state index in [1.807, 2.05) is 10.3 Å². The number of nitrogens with zero attached hydrogens (tertiary/aromatic N) is 6. The summed E-state index contributed by atoms with van der Waals surface area (Å²) in [5, 5.41) is 13.0. The summed E-state index contributed by atoms with van der Waals surface area (Å²) in [5.41, 5.74) is 0.697. The molecule has 0 spiro atoms. The van der Waals surface area contributed by atoms with E-state index in [2.05, 4.69) is 14.9 Å². The largest absolute Gasteiger partial charge is 0.348 e. The molecule has 1 fully saturated rings. The molecule has 0 aliphatic carbocycles. The average molecular weight is 372 g/mol. The monoisotopic (exact) mass is 372 g/mol. The minimum absolute atomic E-state index is 0.0267. The van der Waals surface area contributed by atoms with Crippen LogP contribution in [0, 0.1) is 10.1 Å². The van der Waals surface area contributed by atoms with E-state index >= 15 is 0 Å². The van der Waals surface area contributed by atoms with Gasteiger partial charge in [0, 0.05) is 62.6 Å². The van der Waals surface area contributed by atoms with Crippen LogP contribution >= 0.6 is 11.3 Å². The third kappa shape index (κ3) is 3.16. The van der Waals surface area contributed by atoms with Crippen LogP contribution in [-0.2, 0) is 6.54 Å². The highest BCUT2D eigenvalue weighted by molar-refractivity contribution is 7.15. The summed E-state index contributed by atoms with van der Waals surface area (Å²) >= 11 is 1.43. The van der Waals surface area contributed by atoms with Gasteiger partial charge in [-0.25, -0.2) is 9.97 Å². The second-order valence-corrected chi connectivity index (χ2v) is 6.88. The Bertz CT molecular complexity index is 1010. The number of hydrogen-bond donors (Lipinski definition) is 0. The number of piperazine rings is 1. The summed E-state index contributed by atoms with van der Waals surface area (Å²) in [6.45, 7) is 3.30. The van der Waals surface area contributed by atoms with Crippen LogP contribution in [0.2, 0.25) is 0 Å². The van der Waals surface area contributed by atoms with E-state index in [0.717, 1.165) is 18.8 Å². The van der Waals surface area contributed by atoms with Crippen molar-refractivity contribution >= 4 is 27.8 Å². The number of anilines is 1. The van der Waals surface area contributed by atoms with Crippen LogP contribution in [-0.4, -0.2) is 50.4 Å². The first-order valence-corrected chi connectivity index (χ1v) is 9.02. The molecule has 0 atom stereocenters. The zero-order chi connectivity index (χ0) is 18.1. The van der Waals surface area contributed by atoms with Gasteiger partial charge in [-0.15, -0.1) is 11.3 Å². The first kappa shape index (κ1) is 16.6. The molecule has 3 aromatic rings. The number of fused-ring (bicyclic) bond motifs is 1. The molecule has 1 saturated heterocycles. The molecule has 26 heavy (non-hydrogen) atoms. The highest BCUT2D eigenvalue weighted by atomic mass is 32.1. The summed E-state index contributed by atoms with van der Waals surface area (Å²) < 4.78 is 1.53. The van der Waals surface area contributed by atoms with Crippen LogP contribution in [0.25, 0.3) is 4.96 Å². The number of nitro groups is 1. The standard InChI is InChI=1S/C16H16N6O3S/c23-14-10-12(18-16-21(14)8-9-26-16)11-19-4-6-20(7-5-19)15-13(22(24)25)2-1-3-17-15/h1-3,8-10H,4-7,11H2. The lowest BCUT2D eigenvalue weighted by Crippen LogP contribution is -2.46. The molecule has 134 valence electrons. The molecule has 0 bridgehead atoms. The molecule has 4 rings (SSSR count). The number of thiazole rings is 1. The van der Waals surface area contributed by atoms with Crippen LogP contribution in [0.5, 0.6) is 0 Å². The Labute approximate surface area is 152 Å². The summed E-state index contributed by atoms with van der Waals surface area (Å²) in [7, 11) is 0. The van der Waals surface area contributed by atoms with Crippen molar-refractivity contribution in [2.45, 2.75) is 6.54 Å². The maximum absolute atomic E-state index is 12.1. The van der Waals surface area contributed by atoms with E-state index in [9.17, 15) is 14.9 Å². The topological polar surface area (TPSA) is 96.9 Å². The third-order valence-corrected chi connectivity index (χ3v) is 5.13. The van der Waals surface area contributed by atoms with Crippen molar-refractivity contribution in [3.05, 3.63) is 62.1 Å². The molecule has 4 heterocycles. The van der Waals surface area contributed by atoms with Gasteiger partial charge in [0.05, 0.1) is 10.6 Å². The molecule has 0 aromatic carbocycles. The van der Waals surface area contributed by atoms with Crippen LogP contribution in [0.1, 0.15) is 5.69 Å². The van der Waals surface area contributed by atoms with Crippen molar-refractivity contribution in [3.8, 4) is 0 Å². The summed E-state index contributed by atoms with van der Waals surface area (Å²) in [6.07, 6.45) is 3.29. The lowest BCUT2D eigenvalue weighted by molar-refractivity contribution is -0.384. The van der Waals surface area contributed by atoms with Gasteiger partial charge in [0.15, 0.2) is 4.96 Å². The fourth-order valence-electron chi connectivity index (χ4n) is 3.09. The van der Waals surface area contributed by atoms with Crippen LogP contribution in [0.15, 0.2) is 40.8 Å². The van der Waals surface area contributed by atoms with Crippen LogP contribution in [0.4, 0.5) is 11.5 Å². The normalized spacial score (nSPS) is 15.5. The molecular formula is C16H16N6O3S. The first-order valence-electron chi connectivity index (χ1n) is 8.14. The van der Waals surface area contributed by atoms with E-state index in [1.165, 1.54) is 21.8 Å². The Morgan fingerprint density at radius 3 is 2.85 bits per heavy atom. The Hall–Kier alpha value is -2.85. The number of hydrogen-bond acceptors (Lipinski definition) is 8. The average Bonchev–Trinajstić information content (AvgIpc) is 3.11. The zero-order valence-corrected chi connectivity index (χ0v) is 14.6. The summed E-state index contributed by atoms with van der Waals surface area (Å²) in [4.78, 5) is 36.4. The van der Waals surface area contributed by atoms with E-state index in [1.54, 1.807) is 24.5 Å². The number of aromatic nitrogens is 3. The van der Waals surface area contributed by atoms with Gasteiger partial charge in [-0.1, -0.05) is 0 Å². The SMILES string of the molecule is O=c1cc(CN2CCN(c3ncccc3[N+](=O)[O-])CC2)nc2sccn12. The smallest absolute Gasteiger partial charge is 0.311 e. The molecule has 0 unspecified atom stereocenters. The molecule has 1 aliphatic rings. The van der Waals surface area contributed by atoms with Crippen molar-refractivity contribution in [1.82, 2.24) is 19.3 Å². The lowest BCUT2D eigenvalue weighted by atomic mass is 10.2. The molecular weight excluding hydrogens is 356 g/mol. The molecule has 0 amide bonds. The molecule has 3 aromatic heterocycles. The molecule has 0 N–H and O–H groups in total. The predicted octanol–water partition coefficient (Wildman–Crippen LogP) is 1.38. The van der Waals surface area contributed by atoms with Gasteiger partial charge in [0.1, 0.15) is 0 Å². The molecule has 10 heteroatoms. The fourth-order valence-corrected chi connectivity index (χ4v) is 3.83. The fraction of sp³-hybridized carbons (Fsp3) is 0.312. The summed E-state index contributed by atoms with van der Waals surface area (Å²) in [6, 6.07) is 4.61. The van der Waals surface area contributed by atoms with Crippen LogP contribution < -0.4 is 10.5 Å². The van der Waals surface area contributed by atoms with Crippen molar-refractivity contribution < 1.29 is 4.92 Å². The predicted molar refractivity (Wildman–Crippen MR) is 97.7 cm³/mol.